The molecule has 0 amide bonds. The van der Waals surface area contributed by atoms with Gasteiger partial charge in [0.2, 0.25) is 11.6 Å². The van der Waals surface area contributed by atoms with Crippen molar-refractivity contribution in [2.75, 3.05) is 0 Å². The zero-order chi connectivity index (χ0) is 12.5. The van der Waals surface area contributed by atoms with Gasteiger partial charge in [-0.05, 0) is 0 Å². The van der Waals surface area contributed by atoms with E-state index in [1.807, 2.05) is 0 Å². The molecule has 0 bridgehead atoms. The maximum atomic E-state index is 13.0. The number of hydrogen-bond acceptors (Lipinski definition) is 3. The molecule has 0 spiro atoms. The fraction of sp³-hybridized carbons (Fsp3) is 0.125. The highest BCUT2D eigenvalue weighted by Gasteiger charge is 2.32. The Labute approximate surface area is 85.9 Å². The first kappa shape index (κ1) is 11.9. The lowest BCUT2D eigenvalue weighted by molar-refractivity contribution is -0.390. The Morgan fingerprint density at radius 2 is 1.56 bits per heavy atom. The first-order chi connectivity index (χ1) is 7.41. The first-order valence-electron chi connectivity index (χ1n) is 3.78. The highest BCUT2D eigenvalue weighted by atomic mass is 19.2. The summed E-state index contributed by atoms with van der Waals surface area (Å²) >= 11 is 0. The molecule has 16 heavy (non-hydrogen) atoms. The Bertz CT molecular complexity index is 481. The van der Waals surface area contributed by atoms with Gasteiger partial charge in [0.25, 0.3) is 0 Å². The van der Waals surface area contributed by atoms with Crippen molar-refractivity contribution in [2.24, 2.45) is 0 Å². The summed E-state index contributed by atoms with van der Waals surface area (Å²) in [5.41, 5.74) is -3.07. The van der Waals surface area contributed by atoms with Gasteiger partial charge in [0.05, 0.1) is 17.4 Å². The molecule has 8 heteroatoms. The average Bonchev–Trinajstić information content (AvgIpc) is 2.21. The number of halogens is 4. The minimum atomic E-state index is -2.12. The molecule has 0 saturated heterocycles. The molecule has 1 rings (SSSR count). The number of nitro groups is 1. The van der Waals surface area contributed by atoms with Crippen LogP contribution in [0.5, 0.6) is 0 Å². The van der Waals surface area contributed by atoms with E-state index in [4.69, 9.17) is 5.26 Å². The lowest BCUT2D eigenvalue weighted by atomic mass is 10.1. The Balaban J connectivity index is 3.64. The molecule has 0 aromatic heterocycles. The summed E-state index contributed by atoms with van der Waals surface area (Å²) in [6.07, 6.45) is -0.927. The maximum Gasteiger partial charge on any atom is 0.346 e. The molecule has 0 aliphatic rings. The first-order valence-corrected chi connectivity index (χ1v) is 3.78. The van der Waals surface area contributed by atoms with Crippen LogP contribution in [0, 0.1) is 44.7 Å². The van der Waals surface area contributed by atoms with Crippen molar-refractivity contribution >= 4 is 5.69 Å². The molecule has 0 heterocycles. The summed E-state index contributed by atoms with van der Waals surface area (Å²) in [5.74, 6) is -8.08. The Hall–Kier alpha value is -2.17. The van der Waals surface area contributed by atoms with Crippen LogP contribution < -0.4 is 0 Å². The van der Waals surface area contributed by atoms with Crippen molar-refractivity contribution < 1.29 is 22.5 Å². The Morgan fingerprint density at radius 1 is 1.12 bits per heavy atom. The fourth-order valence-electron chi connectivity index (χ4n) is 1.06. The third kappa shape index (κ3) is 1.67. The van der Waals surface area contributed by atoms with E-state index in [0.717, 1.165) is 0 Å². The number of nitro benzene ring substituents is 1. The van der Waals surface area contributed by atoms with Gasteiger partial charge in [-0.1, -0.05) is 0 Å². The zero-order valence-corrected chi connectivity index (χ0v) is 7.43. The van der Waals surface area contributed by atoms with Gasteiger partial charge in [0.1, 0.15) is 0 Å². The van der Waals surface area contributed by atoms with Gasteiger partial charge in [-0.3, -0.25) is 10.1 Å². The van der Waals surface area contributed by atoms with E-state index in [2.05, 4.69) is 0 Å². The smallest absolute Gasteiger partial charge is 0.258 e. The number of benzene rings is 1. The molecular weight excluding hydrogens is 232 g/mol. The molecule has 0 aliphatic carbocycles. The summed E-state index contributed by atoms with van der Waals surface area (Å²) in [4.78, 5) is 8.57. The summed E-state index contributed by atoms with van der Waals surface area (Å²) < 4.78 is 51.9. The van der Waals surface area contributed by atoms with Gasteiger partial charge >= 0.3 is 5.69 Å². The van der Waals surface area contributed by atoms with Crippen molar-refractivity contribution in [3.63, 3.8) is 0 Å². The lowest BCUT2D eigenvalue weighted by Crippen LogP contribution is -2.07. The standard InChI is InChI=1S/C8H2F4N2O2/c9-4-3(1-2-13)5(10)7(12)8(6(4)11)14(15)16/h1H2. The van der Waals surface area contributed by atoms with Crippen LogP contribution in [-0.4, -0.2) is 4.92 Å². The molecule has 1 aromatic rings. The summed E-state index contributed by atoms with van der Waals surface area (Å²) in [6.45, 7) is 0. The monoisotopic (exact) mass is 234 g/mol. The van der Waals surface area contributed by atoms with E-state index in [1.165, 1.54) is 6.07 Å². The van der Waals surface area contributed by atoms with Crippen molar-refractivity contribution in [3.8, 4) is 6.07 Å². The molecule has 1 aromatic carbocycles. The second kappa shape index (κ2) is 4.14. The van der Waals surface area contributed by atoms with Crippen LogP contribution in [0.4, 0.5) is 23.2 Å². The average molecular weight is 234 g/mol. The molecule has 0 atom stereocenters. The van der Waals surface area contributed by atoms with E-state index in [1.54, 1.807) is 0 Å². The van der Waals surface area contributed by atoms with E-state index in [-0.39, 0.29) is 0 Å². The van der Waals surface area contributed by atoms with Gasteiger partial charge in [-0.15, -0.1) is 0 Å². The molecule has 0 fully saturated rings. The second-order valence-corrected chi connectivity index (χ2v) is 2.68. The number of nitrogens with zero attached hydrogens (tertiary/aromatic N) is 2. The SMILES string of the molecule is N#CCc1c(F)c(F)c([N+](=O)[O-])c(F)c1F. The molecular formula is C8H2F4N2O2. The highest BCUT2D eigenvalue weighted by Crippen LogP contribution is 2.29. The second-order valence-electron chi connectivity index (χ2n) is 2.68. The van der Waals surface area contributed by atoms with Crippen LogP contribution in [0.3, 0.4) is 0 Å². The largest absolute Gasteiger partial charge is 0.346 e. The third-order valence-corrected chi connectivity index (χ3v) is 1.77. The Morgan fingerprint density at radius 3 is 1.88 bits per heavy atom. The predicted molar refractivity (Wildman–Crippen MR) is 42.2 cm³/mol. The quantitative estimate of drug-likeness (QED) is 0.341. The van der Waals surface area contributed by atoms with Crippen molar-refractivity contribution in [3.05, 3.63) is 38.9 Å². The van der Waals surface area contributed by atoms with Gasteiger partial charge in [-0.2, -0.15) is 14.0 Å². The van der Waals surface area contributed by atoms with E-state index in [9.17, 15) is 27.7 Å². The van der Waals surface area contributed by atoms with Crippen molar-refractivity contribution in [2.45, 2.75) is 6.42 Å². The minimum Gasteiger partial charge on any atom is -0.258 e. The molecule has 84 valence electrons. The fourth-order valence-corrected chi connectivity index (χ4v) is 1.06. The van der Waals surface area contributed by atoms with Gasteiger partial charge < -0.3 is 0 Å². The van der Waals surface area contributed by atoms with Crippen LogP contribution in [0.25, 0.3) is 0 Å². The number of hydrogen-bond donors (Lipinski definition) is 0. The van der Waals surface area contributed by atoms with Crippen LogP contribution in [-0.2, 0) is 6.42 Å². The summed E-state index contributed by atoms with van der Waals surface area (Å²) in [5, 5.41) is 18.3. The lowest BCUT2D eigenvalue weighted by Gasteiger charge is -2.04. The predicted octanol–water partition coefficient (Wildman–Crippen LogP) is 2.22. The summed E-state index contributed by atoms with van der Waals surface area (Å²) in [7, 11) is 0. The van der Waals surface area contributed by atoms with E-state index >= 15 is 0 Å². The summed E-state index contributed by atoms with van der Waals surface area (Å²) in [6, 6.07) is 1.29. The zero-order valence-electron chi connectivity index (χ0n) is 7.43. The topological polar surface area (TPSA) is 66.9 Å². The van der Waals surface area contributed by atoms with Crippen LogP contribution >= 0.6 is 0 Å². The molecule has 0 unspecified atom stereocenters. The van der Waals surface area contributed by atoms with Crippen molar-refractivity contribution in [1.82, 2.24) is 0 Å². The molecule has 0 saturated carbocycles. The van der Waals surface area contributed by atoms with Crippen molar-refractivity contribution in [1.29, 1.82) is 5.26 Å². The van der Waals surface area contributed by atoms with Gasteiger partial charge in [0.15, 0.2) is 11.6 Å². The van der Waals surface area contributed by atoms with Gasteiger partial charge in [-0.25, -0.2) is 8.78 Å². The molecule has 0 aliphatic heterocycles. The number of rotatable bonds is 2. The maximum absolute atomic E-state index is 13.0. The van der Waals surface area contributed by atoms with E-state index < -0.39 is 45.9 Å². The van der Waals surface area contributed by atoms with Crippen LogP contribution in [0.2, 0.25) is 0 Å². The number of nitriles is 1. The van der Waals surface area contributed by atoms with E-state index in [0.29, 0.717) is 0 Å². The minimum absolute atomic E-state index is 0.927. The molecule has 0 radical (unpaired) electrons. The Kier molecular flexibility index (Phi) is 3.08. The van der Waals surface area contributed by atoms with Gasteiger partial charge in [0, 0.05) is 5.56 Å². The highest BCUT2D eigenvalue weighted by molar-refractivity contribution is 5.40. The normalized spacial score (nSPS) is 9.94. The van der Waals surface area contributed by atoms with Crippen LogP contribution in [0.1, 0.15) is 5.56 Å². The van der Waals surface area contributed by atoms with Crippen LogP contribution in [0.15, 0.2) is 0 Å². The molecule has 0 N–H and O–H groups in total. The third-order valence-electron chi connectivity index (χ3n) is 1.77. The molecule has 4 nitrogen and oxygen atoms in total.